The lowest BCUT2D eigenvalue weighted by Crippen LogP contribution is -2.31. The third kappa shape index (κ3) is 2.45. The average molecular weight is 281 g/mol. The van der Waals surface area contributed by atoms with Gasteiger partial charge in [-0.1, -0.05) is 6.92 Å². The van der Waals surface area contributed by atoms with Crippen LogP contribution in [0.2, 0.25) is 0 Å². The second-order valence-corrected chi connectivity index (χ2v) is 5.35. The van der Waals surface area contributed by atoms with Crippen molar-refractivity contribution in [2.45, 2.75) is 26.3 Å². The number of pyridine rings is 1. The number of hydrogen-bond acceptors (Lipinski definition) is 4. The van der Waals surface area contributed by atoms with Crippen molar-refractivity contribution >= 4 is 10.9 Å². The molecule has 0 saturated carbocycles. The zero-order valence-corrected chi connectivity index (χ0v) is 12.5. The molecule has 0 unspecified atom stereocenters. The molecule has 0 bridgehead atoms. The summed E-state index contributed by atoms with van der Waals surface area (Å²) in [4.78, 5) is 7.21. The van der Waals surface area contributed by atoms with Crippen LogP contribution < -0.4 is 4.74 Å². The number of nitriles is 1. The Morgan fingerprint density at radius 2 is 2.29 bits per heavy atom. The molecule has 1 aromatic heterocycles. The van der Waals surface area contributed by atoms with Crippen molar-refractivity contribution in [2.75, 3.05) is 20.2 Å². The zero-order chi connectivity index (χ0) is 14.8. The van der Waals surface area contributed by atoms with Crippen molar-refractivity contribution in [1.82, 2.24) is 9.88 Å². The fraction of sp³-hybridized carbons (Fsp3) is 0.412. The highest BCUT2D eigenvalue weighted by molar-refractivity contribution is 5.85. The Bertz CT molecular complexity index is 718. The summed E-state index contributed by atoms with van der Waals surface area (Å²) in [5.41, 5.74) is 4.48. The Balaban J connectivity index is 2.23. The predicted molar refractivity (Wildman–Crippen MR) is 82.3 cm³/mol. The normalized spacial score (nSPS) is 14.7. The molecule has 0 amide bonds. The first-order valence-corrected chi connectivity index (χ1v) is 7.34. The van der Waals surface area contributed by atoms with Gasteiger partial charge >= 0.3 is 0 Å². The van der Waals surface area contributed by atoms with Gasteiger partial charge in [-0.2, -0.15) is 5.26 Å². The maximum absolute atomic E-state index is 9.22. The van der Waals surface area contributed by atoms with Gasteiger partial charge in [0.25, 0.3) is 0 Å². The second-order valence-electron chi connectivity index (χ2n) is 5.35. The van der Waals surface area contributed by atoms with Crippen LogP contribution in [0, 0.1) is 11.3 Å². The van der Waals surface area contributed by atoms with Crippen molar-refractivity contribution in [3.63, 3.8) is 0 Å². The molecule has 0 radical (unpaired) electrons. The molecule has 0 atom stereocenters. The second kappa shape index (κ2) is 5.71. The minimum Gasteiger partial charge on any atom is -0.497 e. The van der Waals surface area contributed by atoms with Crippen LogP contribution in [0.4, 0.5) is 0 Å². The van der Waals surface area contributed by atoms with Crippen LogP contribution in [0.25, 0.3) is 10.9 Å². The van der Waals surface area contributed by atoms with Gasteiger partial charge in [0.2, 0.25) is 0 Å². The summed E-state index contributed by atoms with van der Waals surface area (Å²) in [6.45, 7) is 5.14. The molecule has 3 rings (SSSR count). The van der Waals surface area contributed by atoms with Gasteiger partial charge < -0.3 is 4.74 Å². The Hall–Kier alpha value is -2.12. The van der Waals surface area contributed by atoms with Crippen LogP contribution >= 0.6 is 0 Å². The number of fused-ring (bicyclic) bond motifs is 2. The summed E-state index contributed by atoms with van der Waals surface area (Å²) in [5, 5.41) is 10.3. The minimum atomic E-state index is 0.423. The Labute approximate surface area is 125 Å². The molecule has 0 aliphatic carbocycles. The number of ether oxygens (including phenoxy) is 1. The highest BCUT2D eigenvalue weighted by Gasteiger charge is 2.21. The molecule has 4 heteroatoms. The first-order chi connectivity index (χ1) is 10.3. The molecule has 1 aliphatic heterocycles. The van der Waals surface area contributed by atoms with Crippen LogP contribution in [-0.2, 0) is 19.4 Å². The Morgan fingerprint density at radius 1 is 1.43 bits per heavy atom. The van der Waals surface area contributed by atoms with E-state index in [9.17, 15) is 5.26 Å². The molecule has 108 valence electrons. The van der Waals surface area contributed by atoms with Crippen LogP contribution in [0.1, 0.15) is 23.7 Å². The summed E-state index contributed by atoms with van der Waals surface area (Å²) in [6, 6.07) is 8.23. The number of hydrogen-bond donors (Lipinski definition) is 0. The van der Waals surface area contributed by atoms with Gasteiger partial charge in [-0.15, -0.1) is 0 Å². The molecule has 0 N–H and O–H groups in total. The third-order valence-electron chi connectivity index (χ3n) is 4.25. The van der Waals surface area contributed by atoms with E-state index in [1.54, 1.807) is 7.11 Å². The van der Waals surface area contributed by atoms with E-state index in [4.69, 9.17) is 9.72 Å². The fourth-order valence-corrected chi connectivity index (χ4v) is 3.04. The number of rotatable bonds is 3. The molecule has 0 fully saturated rings. The lowest BCUT2D eigenvalue weighted by Gasteiger charge is -2.29. The standard InChI is InChI=1S/C17H19N3O/c1-3-20-9-7-17-15(11-20)13(6-8-18)14-10-12(21-2)4-5-16(14)19-17/h4-5,10H,3,6-7,9,11H2,1-2H3. The Morgan fingerprint density at radius 3 is 3.00 bits per heavy atom. The number of methoxy groups -OCH3 is 1. The molecule has 1 aromatic carbocycles. The van der Waals surface area contributed by atoms with Crippen molar-refractivity contribution < 1.29 is 4.74 Å². The summed E-state index contributed by atoms with van der Waals surface area (Å²) in [5.74, 6) is 0.812. The predicted octanol–water partition coefficient (Wildman–Crippen LogP) is 2.69. The smallest absolute Gasteiger partial charge is 0.119 e. The van der Waals surface area contributed by atoms with Gasteiger partial charge in [0, 0.05) is 30.6 Å². The minimum absolute atomic E-state index is 0.423. The van der Waals surface area contributed by atoms with E-state index in [0.29, 0.717) is 6.42 Å². The molecule has 1 aliphatic rings. The Kier molecular flexibility index (Phi) is 3.76. The number of nitrogens with zero attached hydrogens (tertiary/aromatic N) is 3. The average Bonchev–Trinajstić information content (AvgIpc) is 2.54. The van der Waals surface area contributed by atoms with E-state index in [1.807, 2.05) is 18.2 Å². The van der Waals surface area contributed by atoms with Gasteiger partial charge in [0.05, 0.1) is 25.1 Å². The number of benzene rings is 1. The van der Waals surface area contributed by atoms with E-state index in [-0.39, 0.29) is 0 Å². The van der Waals surface area contributed by atoms with Crippen molar-refractivity contribution in [3.05, 3.63) is 35.0 Å². The van der Waals surface area contributed by atoms with E-state index >= 15 is 0 Å². The molecular weight excluding hydrogens is 262 g/mol. The summed E-state index contributed by atoms with van der Waals surface area (Å²) >= 11 is 0. The van der Waals surface area contributed by atoms with Crippen LogP contribution in [-0.4, -0.2) is 30.1 Å². The maximum atomic E-state index is 9.22. The van der Waals surface area contributed by atoms with Crippen molar-refractivity contribution in [2.24, 2.45) is 0 Å². The first-order valence-electron chi connectivity index (χ1n) is 7.34. The lowest BCUT2D eigenvalue weighted by molar-refractivity contribution is 0.265. The van der Waals surface area contributed by atoms with Crippen molar-refractivity contribution in [1.29, 1.82) is 5.26 Å². The van der Waals surface area contributed by atoms with Crippen LogP contribution in [0.3, 0.4) is 0 Å². The van der Waals surface area contributed by atoms with Gasteiger partial charge in [0.15, 0.2) is 0 Å². The largest absolute Gasteiger partial charge is 0.497 e. The number of likely N-dealkylation sites (N-methyl/N-ethyl adjacent to an activating group) is 1. The monoisotopic (exact) mass is 281 g/mol. The van der Waals surface area contributed by atoms with Gasteiger partial charge in [-0.25, -0.2) is 0 Å². The summed E-state index contributed by atoms with van der Waals surface area (Å²) in [7, 11) is 1.66. The van der Waals surface area contributed by atoms with Crippen LogP contribution in [0.15, 0.2) is 18.2 Å². The number of aromatic nitrogens is 1. The van der Waals surface area contributed by atoms with Gasteiger partial charge in [0.1, 0.15) is 5.75 Å². The van der Waals surface area contributed by atoms with E-state index < -0.39 is 0 Å². The van der Waals surface area contributed by atoms with Crippen LogP contribution in [0.5, 0.6) is 5.75 Å². The van der Waals surface area contributed by atoms with Gasteiger partial charge in [-0.05, 0) is 35.9 Å². The highest BCUT2D eigenvalue weighted by Crippen LogP contribution is 2.30. The lowest BCUT2D eigenvalue weighted by atomic mass is 9.94. The highest BCUT2D eigenvalue weighted by atomic mass is 16.5. The summed E-state index contributed by atoms with van der Waals surface area (Å²) < 4.78 is 5.32. The fourth-order valence-electron chi connectivity index (χ4n) is 3.04. The van der Waals surface area contributed by atoms with Crippen molar-refractivity contribution in [3.8, 4) is 11.8 Å². The summed E-state index contributed by atoms with van der Waals surface area (Å²) in [6.07, 6.45) is 1.38. The molecule has 2 aromatic rings. The van der Waals surface area contributed by atoms with E-state index in [1.165, 1.54) is 5.56 Å². The molecule has 4 nitrogen and oxygen atoms in total. The third-order valence-corrected chi connectivity index (χ3v) is 4.25. The topological polar surface area (TPSA) is 49.2 Å². The van der Waals surface area contributed by atoms with Gasteiger partial charge in [-0.3, -0.25) is 9.88 Å². The molecule has 0 saturated heterocycles. The van der Waals surface area contributed by atoms with E-state index in [0.717, 1.165) is 54.0 Å². The zero-order valence-electron chi connectivity index (χ0n) is 12.5. The molecular formula is C17H19N3O. The quantitative estimate of drug-likeness (QED) is 0.868. The first kappa shape index (κ1) is 13.8. The van der Waals surface area contributed by atoms with E-state index in [2.05, 4.69) is 17.9 Å². The maximum Gasteiger partial charge on any atom is 0.119 e. The molecule has 0 spiro atoms. The molecule has 21 heavy (non-hydrogen) atoms. The SMILES string of the molecule is CCN1CCc2nc3ccc(OC)cc3c(CC#N)c2C1. The molecule has 2 heterocycles.